The molecule has 3 fully saturated rings. The Bertz CT molecular complexity index is 373. The summed E-state index contributed by atoms with van der Waals surface area (Å²) in [4.78, 5) is 25.6. The first-order valence-corrected chi connectivity index (χ1v) is 7.18. The van der Waals surface area contributed by atoms with Crippen molar-refractivity contribution >= 4 is 11.9 Å². The van der Waals surface area contributed by atoms with Crippen LogP contribution in [0.25, 0.3) is 0 Å². The number of urea groups is 1. The van der Waals surface area contributed by atoms with Crippen LogP contribution in [0.2, 0.25) is 0 Å². The number of hydrogen-bond acceptors (Lipinski definition) is 4. The smallest absolute Gasteiger partial charge is 0.325 e. The highest BCUT2D eigenvalue weighted by molar-refractivity contribution is 6.07. The summed E-state index contributed by atoms with van der Waals surface area (Å²) in [5.74, 6) is -0.0603. The fourth-order valence-electron chi connectivity index (χ4n) is 3.21. The zero-order chi connectivity index (χ0) is 13.3. The van der Waals surface area contributed by atoms with E-state index in [4.69, 9.17) is 4.74 Å². The van der Waals surface area contributed by atoms with E-state index in [0.29, 0.717) is 25.6 Å². The van der Waals surface area contributed by atoms with E-state index in [1.54, 1.807) is 0 Å². The lowest BCUT2D eigenvalue weighted by molar-refractivity contribution is -0.130. The molecule has 3 aliphatic heterocycles. The molecule has 0 saturated carbocycles. The summed E-state index contributed by atoms with van der Waals surface area (Å²) in [6.45, 7) is 2.70. The fourth-order valence-corrected chi connectivity index (χ4v) is 3.21. The van der Waals surface area contributed by atoms with Crippen molar-refractivity contribution in [3.63, 3.8) is 0 Å². The Balaban J connectivity index is 1.52. The van der Waals surface area contributed by atoms with Crippen LogP contribution in [0.15, 0.2) is 0 Å². The first-order valence-electron chi connectivity index (χ1n) is 7.18. The third-order valence-electron chi connectivity index (χ3n) is 4.33. The highest BCUT2D eigenvalue weighted by Crippen LogP contribution is 2.25. The number of rotatable bonds is 4. The minimum atomic E-state index is -0.666. The molecule has 6 nitrogen and oxygen atoms in total. The Hall–Kier alpha value is -1.14. The summed E-state index contributed by atoms with van der Waals surface area (Å²) in [5.41, 5.74) is -0.666. The molecule has 2 atom stereocenters. The highest BCUT2D eigenvalue weighted by atomic mass is 16.5. The van der Waals surface area contributed by atoms with Gasteiger partial charge in [0, 0.05) is 19.7 Å². The minimum Gasteiger partial charge on any atom is -0.378 e. The summed E-state index contributed by atoms with van der Waals surface area (Å²) in [7, 11) is 0. The van der Waals surface area contributed by atoms with Gasteiger partial charge in [-0.3, -0.25) is 9.69 Å². The first-order chi connectivity index (χ1) is 9.21. The number of imide groups is 1. The molecule has 0 aromatic heterocycles. The molecular formula is C13H21N3O3. The summed E-state index contributed by atoms with van der Waals surface area (Å²) >= 11 is 0. The monoisotopic (exact) mass is 267 g/mol. The van der Waals surface area contributed by atoms with Crippen LogP contribution in [0, 0.1) is 0 Å². The Kier molecular flexibility index (Phi) is 3.45. The maximum Gasteiger partial charge on any atom is 0.325 e. The van der Waals surface area contributed by atoms with Crippen molar-refractivity contribution in [2.45, 2.75) is 43.7 Å². The van der Waals surface area contributed by atoms with Crippen molar-refractivity contribution in [3.05, 3.63) is 0 Å². The molecule has 106 valence electrons. The highest BCUT2D eigenvalue weighted by Gasteiger charge is 2.52. The normalized spacial score (nSPS) is 34.5. The van der Waals surface area contributed by atoms with Crippen LogP contribution in [-0.4, -0.2) is 54.7 Å². The summed E-state index contributed by atoms with van der Waals surface area (Å²) in [5, 5.41) is 6.00. The molecule has 3 amide bonds. The molecule has 0 aliphatic carbocycles. The van der Waals surface area contributed by atoms with Gasteiger partial charge in [0.1, 0.15) is 5.54 Å². The maximum absolute atomic E-state index is 12.3. The molecule has 0 radical (unpaired) electrons. The lowest BCUT2D eigenvalue weighted by Gasteiger charge is -2.19. The lowest BCUT2D eigenvalue weighted by atomic mass is 9.99. The van der Waals surface area contributed by atoms with Gasteiger partial charge in [-0.05, 0) is 38.6 Å². The molecule has 3 heterocycles. The van der Waals surface area contributed by atoms with Crippen LogP contribution < -0.4 is 10.6 Å². The number of carbonyl (C=O) groups excluding carboxylic acids is 2. The third kappa shape index (κ3) is 2.34. The van der Waals surface area contributed by atoms with Crippen molar-refractivity contribution < 1.29 is 14.3 Å². The van der Waals surface area contributed by atoms with Gasteiger partial charge in [0.25, 0.3) is 5.91 Å². The summed E-state index contributed by atoms with van der Waals surface area (Å²) in [6.07, 6.45) is 5.01. The molecule has 0 aromatic rings. The van der Waals surface area contributed by atoms with Crippen LogP contribution >= 0.6 is 0 Å². The molecule has 6 heteroatoms. The van der Waals surface area contributed by atoms with Gasteiger partial charge in [-0.2, -0.15) is 0 Å². The number of ether oxygens (including phenoxy) is 1. The van der Waals surface area contributed by atoms with Gasteiger partial charge >= 0.3 is 6.03 Å². The number of carbonyl (C=O) groups is 2. The van der Waals surface area contributed by atoms with Crippen molar-refractivity contribution in [2.24, 2.45) is 0 Å². The van der Waals surface area contributed by atoms with E-state index in [0.717, 1.165) is 38.8 Å². The van der Waals surface area contributed by atoms with E-state index < -0.39 is 5.54 Å². The average molecular weight is 267 g/mol. The number of nitrogens with one attached hydrogen (secondary N) is 2. The minimum absolute atomic E-state index is 0.0603. The maximum atomic E-state index is 12.3. The van der Waals surface area contributed by atoms with Crippen LogP contribution in [-0.2, 0) is 9.53 Å². The Morgan fingerprint density at radius 1 is 1.42 bits per heavy atom. The predicted molar refractivity (Wildman–Crippen MR) is 68.7 cm³/mol. The quantitative estimate of drug-likeness (QED) is 0.715. The zero-order valence-electron chi connectivity index (χ0n) is 11.1. The second-order valence-corrected chi connectivity index (χ2v) is 5.67. The second kappa shape index (κ2) is 5.09. The van der Waals surface area contributed by atoms with Gasteiger partial charge in [0.2, 0.25) is 0 Å². The Morgan fingerprint density at radius 2 is 2.32 bits per heavy atom. The molecule has 1 spiro atoms. The molecule has 0 aromatic carbocycles. The Morgan fingerprint density at radius 3 is 3.00 bits per heavy atom. The fraction of sp³-hybridized carbons (Fsp3) is 0.846. The summed E-state index contributed by atoms with van der Waals surface area (Å²) in [6, 6.07) is -0.235. The third-order valence-corrected chi connectivity index (χ3v) is 4.33. The van der Waals surface area contributed by atoms with Crippen molar-refractivity contribution in [2.75, 3.05) is 26.2 Å². The van der Waals surface area contributed by atoms with Crippen molar-refractivity contribution in [3.8, 4) is 0 Å². The van der Waals surface area contributed by atoms with Crippen LogP contribution in [0.4, 0.5) is 4.79 Å². The van der Waals surface area contributed by atoms with Gasteiger partial charge in [0.05, 0.1) is 6.10 Å². The van der Waals surface area contributed by atoms with Crippen LogP contribution in [0.1, 0.15) is 32.1 Å². The van der Waals surface area contributed by atoms with Gasteiger partial charge in [-0.15, -0.1) is 0 Å². The number of nitrogens with zero attached hydrogens (tertiary/aromatic N) is 1. The van der Waals surface area contributed by atoms with E-state index in [9.17, 15) is 9.59 Å². The largest absolute Gasteiger partial charge is 0.378 e. The number of hydrogen-bond donors (Lipinski definition) is 2. The topological polar surface area (TPSA) is 70.7 Å². The van der Waals surface area contributed by atoms with E-state index in [-0.39, 0.29) is 11.9 Å². The molecular weight excluding hydrogens is 246 g/mol. The van der Waals surface area contributed by atoms with Gasteiger partial charge < -0.3 is 15.4 Å². The molecule has 3 aliphatic rings. The second-order valence-electron chi connectivity index (χ2n) is 5.67. The van der Waals surface area contributed by atoms with Gasteiger partial charge in [-0.1, -0.05) is 0 Å². The van der Waals surface area contributed by atoms with Crippen LogP contribution in [0.5, 0.6) is 0 Å². The van der Waals surface area contributed by atoms with E-state index in [1.807, 2.05) is 0 Å². The lowest BCUT2D eigenvalue weighted by Crippen LogP contribution is -2.48. The number of amides is 3. The first kappa shape index (κ1) is 12.9. The molecule has 19 heavy (non-hydrogen) atoms. The molecule has 2 unspecified atom stereocenters. The average Bonchev–Trinajstić information content (AvgIpc) is 3.08. The van der Waals surface area contributed by atoms with Gasteiger partial charge in [0.15, 0.2) is 0 Å². The van der Waals surface area contributed by atoms with Crippen LogP contribution in [0.3, 0.4) is 0 Å². The van der Waals surface area contributed by atoms with E-state index >= 15 is 0 Å². The Labute approximate surface area is 112 Å². The standard InChI is InChI=1S/C13H21N3O3/c17-11-13(5-6-14-9-13)15-12(18)16(11)7-1-3-10-4-2-8-19-10/h10,14H,1-9H2,(H,15,18). The summed E-state index contributed by atoms with van der Waals surface area (Å²) < 4.78 is 5.55. The van der Waals surface area contributed by atoms with Crippen molar-refractivity contribution in [1.29, 1.82) is 0 Å². The molecule has 2 N–H and O–H groups in total. The van der Waals surface area contributed by atoms with Crippen molar-refractivity contribution in [1.82, 2.24) is 15.5 Å². The SMILES string of the molecule is O=C1NC2(CCNC2)C(=O)N1CCCC1CCCO1. The van der Waals surface area contributed by atoms with Gasteiger partial charge in [-0.25, -0.2) is 4.79 Å². The molecule has 3 saturated heterocycles. The molecule has 0 bridgehead atoms. The van der Waals surface area contributed by atoms with E-state index in [2.05, 4.69) is 10.6 Å². The zero-order valence-corrected chi connectivity index (χ0v) is 11.1. The predicted octanol–water partition coefficient (Wildman–Crippen LogP) is 0.229. The van der Waals surface area contributed by atoms with E-state index in [1.165, 1.54) is 4.90 Å². The molecule has 3 rings (SSSR count).